The van der Waals surface area contributed by atoms with Crippen LogP contribution in [0.1, 0.15) is 12.8 Å². The molecule has 1 saturated heterocycles. The average Bonchev–Trinajstić information content (AvgIpc) is 2.95. The van der Waals surface area contributed by atoms with Crippen LogP contribution in [-0.4, -0.2) is 42.0 Å². The van der Waals surface area contributed by atoms with E-state index in [9.17, 15) is 13.5 Å². The van der Waals surface area contributed by atoms with Crippen LogP contribution in [0.4, 0.5) is 0 Å². The second kappa shape index (κ2) is 5.53. The minimum Gasteiger partial charge on any atom is -0.395 e. The van der Waals surface area contributed by atoms with Gasteiger partial charge in [-0.05, 0) is 43.2 Å². The summed E-state index contributed by atoms with van der Waals surface area (Å²) >= 11 is 5.82. The molecule has 1 aliphatic rings. The Labute approximate surface area is 128 Å². The molecule has 112 valence electrons. The number of fused-ring (bicyclic) bond motifs is 1. The normalized spacial score (nSPS) is 20.2. The largest absolute Gasteiger partial charge is 0.395 e. The van der Waals surface area contributed by atoms with Crippen molar-refractivity contribution in [2.45, 2.75) is 23.8 Å². The van der Waals surface area contributed by atoms with E-state index in [1.807, 2.05) is 0 Å². The number of benzene rings is 1. The highest BCUT2D eigenvalue weighted by Crippen LogP contribution is 2.27. The highest BCUT2D eigenvalue weighted by Gasteiger charge is 2.34. The fourth-order valence-corrected chi connectivity index (χ4v) is 4.56. The SMILES string of the molecule is O=S(=O)(c1ccc2nc(Cl)ccc2c1)N1CCC[C@@H]1CO. The molecule has 0 bridgehead atoms. The van der Waals surface area contributed by atoms with Crippen LogP contribution in [0.2, 0.25) is 5.15 Å². The molecule has 1 aromatic heterocycles. The number of aliphatic hydroxyl groups excluding tert-OH is 1. The van der Waals surface area contributed by atoms with E-state index >= 15 is 0 Å². The number of halogens is 1. The number of aromatic nitrogens is 1. The lowest BCUT2D eigenvalue weighted by atomic mass is 10.2. The van der Waals surface area contributed by atoms with Crippen LogP contribution in [0.5, 0.6) is 0 Å². The number of hydrogen-bond acceptors (Lipinski definition) is 4. The Hall–Kier alpha value is -1.21. The fraction of sp³-hybridized carbons (Fsp3) is 0.357. The zero-order valence-corrected chi connectivity index (χ0v) is 12.8. The molecule has 0 unspecified atom stereocenters. The van der Waals surface area contributed by atoms with Crippen molar-refractivity contribution in [3.05, 3.63) is 35.5 Å². The molecule has 0 saturated carbocycles. The summed E-state index contributed by atoms with van der Waals surface area (Å²) in [6, 6.07) is 7.84. The van der Waals surface area contributed by atoms with Crippen LogP contribution < -0.4 is 0 Å². The van der Waals surface area contributed by atoms with Gasteiger partial charge in [-0.1, -0.05) is 11.6 Å². The maximum absolute atomic E-state index is 12.7. The zero-order valence-electron chi connectivity index (χ0n) is 11.2. The Kier molecular flexibility index (Phi) is 3.88. The summed E-state index contributed by atoms with van der Waals surface area (Å²) in [6.07, 6.45) is 1.47. The van der Waals surface area contributed by atoms with Gasteiger partial charge in [0.1, 0.15) is 5.15 Å². The van der Waals surface area contributed by atoms with Crippen molar-refractivity contribution in [3.8, 4) is 0 Å². The van der Waals surface area contributed by atoms with E-state index in [2.05, 4.69) is 4.98 Å². The van der Waals surface area contributed by atoms with Crippen LogP contribution in [0, 0.1) is 0 Å². The Morgan fingerprint density at radius 1 is 1.33 bits per heavy atom. The predicted octanol–water partition coefficient (Wildman–Crippen LogP) is 2.03. The summed E-state index contributed by atoms with van der Waals surface area (Å²) < 4.78 is 26.8. The minimum atomic E-state index is -3.59. The molecule has 3 rings (SSSR count). The summed E-state index contributed by atoms with van der Waals surface area (Å²) in [7, 11) is -3.59. The maximum atomic E-state index is 12.7. The number of nitrogens with zero attached hydrogens (tertiary/aromatic N) is 2. The monoisotopic (exact) mass is 326 g/mol. The third-order valence-electron chi connectivity index (χ3n) is 3.77. The van der Waals surface area contributed by atoms with Crippen molar-refractivity contribution in [1.82, 2.24) is 9.29 Å². The van der Waals surface area contributed by atoms with E-state index in [1.54, 1.807) is 24.3 Å². The molecular formula is C14H15ClN2O3S. The maximum Gasteiger partial charge on any atom is 0.243 e. The molecule has 1 fully saturated rings. The predicted molar refractivity (Wildman–Crippen MR) is 80.8 cm³/mol. The van der Waals surface area contributed by atoms with E-state index < -0.39 is 10.0 Å². The Morgan fingerprint density at radius 2 is 2.14 bits per heavy atom. The van der Waals surface area contributed by atoms with E-state index in [-0.39, 0.29) is 17.5 Å². The molecule has 0 radical (unpaired) electrons. The van der Waals surface area contributed by atoms with Gasteiger partial charge in [-0.25, -0.2) is 13.4 Å². The van der Waals surface area contributed by atoms with Gasteiger partial charge < -0.3 is 5.11 Å². The van der Waals surface area contributed by atoms with E-state index in [0.29, 0.717) is 23.6 Å². The van der Waals surface area contributed by atoms with Gasteiger partial charge >= 0.3 is 0 Å². The highest BCUT2D eigenvalue weighted by molar-refractivity contribution is 7.89. The van der Waals surface area contributed by atoms with Crippen molar-refractivity contribution in [2.75, 3.05) is 13.2 Å². The first-order valence-electron chi connectivity index (χ1n) is 6.71. The topological polar surface area (TPSA) is 70.5 Å². The fourth-order valence-electron chi connectivity index (χ4n) is 2.68. The highest BCUT2D eigenvalue weighted by atomic mass is 35.5. The molecular weight excluding hydrogens is 312 g/mol. The van der Waals surface area contributed by atoms with Gasteiger partial charge in [0.25, 0.3) is 0 Å². The van der Waals surface area contributed by atoms with Gasteiger partial charge in [0.15, 0.2) is 0 Å². The van der Waals surface area contributed by atoms with E-state index in [4.69, 9.17) is 11.6 Å². The van der Waals surface area contributed by atoms with Crippen LogP contribution in [0.15, 0.2) is 35.2 Å². The van der Waals surface area contributed by atoms with Crippen molar-refractivity contribution in [2.24, 2.45) is 0 Å². The van der Waals surface area contributed by atoms with Crippen molar-refractivity contribution in [3.63, 3.8) is 0 Å². The van der Waals surface area contributed by atoms with Gasteiger partial charge in [0.2, 0.25) is 10.0 Å². The van der Waals surface area contributed by atoms with Crippen LogP contribution in [0.3, 0.4) is 0 Å². The Balaban J connectivity index is 2.04. The summed E-state index contributed by atoms with van der Waals surface area (Å²) in [4.78, 5) is 4.37. The van der Waals surface area contributed by atoms with Crippen LogP contribution in [-0.2, 0) is 10.0 Å². The summed E-state index contributed by atoms with van der Waals surface area (Å²) in [5.41, 5.74) is 0.654. The number of hydrogen-bond donors (Lipinski definition) is 1. The average molecular weight is 327 g/mol. The molecule has 7 heteroatoms. The molecule has 21 heavy (non-hydrogen) atoms. The molecule has 0 spiro atoms. The van der Waals surface area contributed by atoms with Crippen molar-refractivity contribution >= 4 is 32.5 Å². The second-order valence-electron chi connectivity index (χ2n) is 5.08. The smallest absolute Gasteiger partial charge is 0.243 e. The first-order valence-corrected chi connectivity index (χ1v) is 8.53. The minimum absolute atomic E-state index is 0.149. The molecule has 0 aliphatic carbocycles. The lowest BCUT2D eigenvalue weighted by Crippen LogP contribution is -2.37. The number of rotatable bonds is 3. The van der Waals surface area contributed by atoms with Gasteiger partial charge in [-0.2, -0.15) is 4.31 Å². The number of sulfonamides is 1. The Morgan fingerprint density at radius 3 is 2.90 bits per heavy atom. The summed E-state index contributed by atoms with van der Waals surface area (Å²) in [5.74, 6) is 0. The third-order valence-corrected chi connectivity index (χ3v) is 5.93. The first kappa shape index (κ1) is 14.7. The molecule has 1 aliphatic heterocycles. The third kappa shape index (κ3) is 2.64. The van der Waals surface area contributed by atoms with Gasteiger partial charge in [-0.15, -0.1) is 0 Å². The van der Waals surface area contributed by atoms with Crippen molar-refractivity contribution in [1.29, 1.82) is 0 Å². The lowest BCUT2D eigenvalue weighted by Gasteiger charge is -2.22. The quantitative estimate of drug-likeness (QED) is 0.876. The van der Waals surface area contributed by atoms with Crippen molar-refractivity contribution < 1.29 is 13.5 Å². The van der Waals surface area contributed by atoms with E-state index in [0.717, 1.165) is 11.8 Å². The van der Waals surface area contributed by atoms with E-state index in [1.165, 1.54) is 10.4 Å². The number of pyridine rings is 1. The standard InChI is InChI=1S/C14H15ClN2O3S/c15-14-6-3-10-8-12(4-5-13(10)16-14)21(19,20)17-7-1-2-11(17)9-18/h3-6,8,11,18H,1-2,7,9H2/t11-/m1/s1. The van der Waals surface area contributed by atoms with Gasteiger partial charge in [0.05, 0.1) is 17.0 Å². The zero-order chi connectivity index (χ0) is 15.0. The molecule has 0 amide bonds. The molecule has 2 heterocycles. The van der Waals surface area contributed by atoms with Crippen LogP contribution in [0.25, 0.3) is 10.9 Å². The Bertz CT molecular complexity index is 779. The van der Waals surface area contributed by atoms with Gasteiger partial charge in [-0.3, -0.25) is 0 Å². The first-order chi connectivity index (χ1) is 10.0. The second-order valence-corrected chi connectivity index (χ2v) is 7.36. The summed E-state index contributed by atoms with van der Waals surface area (Å²) in [5, 5.41) is 10.4. The van der Waals surface area contributed by atoms with Gasteiger partial charge in [0, 0.05) is 18.0 Å². The summed E-state index contributed by atoms with van der Waals surface area (Å²) in [6.45, 7) is 0.300. The lowest BCUT2D eigenvalue weighted by molar-refractivity contribution is 0.213. The molecule has 2 aromatic rings. The molecule has 5 nitrogen and oxygen atoms in total. The van der Waals surface area contributed by atoms with Crippen LogP contribution >= 0.6 is 11.6 Å². The number of aliphatic hydroxyl groups is 1. The molecule has 1 N–H and O–H groups in total. The molecule has 1 atom stereocenters. The molecule has 1 aromatic carbocycles.